The number of hydrogen-bond acceptors (Lipinski definition) is 4. The van der Waals surface area contributed by atoms with Crippen LogP contribution in [0.2, 0.25) is 0 Å². The Balaban J connectivity index is 2.12. The van der Waals surface area contributed by atoms with Gasteiger partial charge in [0.1, 0.15) is 0 Å². The smallest absolute Gasteiger partial charge is 0.295 e. The van der Waals surface area contributed by atoms with Gasteiger partial charge in [-0.1, -0.05) is 0 Å². The van der Waals surface area contributed by atoms with Gasteiger partial charge in [-0.05, 0) is 25.8 Å². The second-order valence-corrected chi connectivity index (χ2v) is 4.40. The standard InChI is InChI=1S/C12H14F2N2O3/c1-2-19-8-5-7(6-8)15-12-10(16(17)18)4-3-9(13)11(12)14/h3-4,7-8,15H,2,5-6H2,1H3. The van der Waals surface area contributed by atoms with Gasteiger partial charge >= 0.3 is 0 Å². The van der Waals surface area contributed by atoms with Gasteiger partial charge < -0.3 is 10.1 Å². The van der Waals surface area contributed by atoms with Crippen molar-refractivity contribution in [3.05, 3.63) is 33.9 Å². The first-order chi connectivity index (χ1) is 9.02. The van der Waals surface area contributed by atoms with E-state index < -0.39 is 22.2 Å². The first-order valence-corrected chi connectivity index (χ1v) is 6.03. The van der Waals surface area contributed by atoms with Crippen LogP contribution in [0.4, 0.5) is 20.2 Å². The third kappa shape index (κ3) is 2.81. The number of nitrogens with one attached hydrogen (secondary N) is 1. The summed E-state index contributed by atoms with van der Waals surface area (Å²) in [7, 11) is 0. The Morgan fingerprint density at radius 2 is 2.16 bits per heavy atom. The third-order valence-corrected chi connectivity index (χ3v) is 3.12. The molecular formula is C12H14F2N2O3. The molecule has 0 bridgehead atoms. The highest BCUT2D eigenvalue weighted by atomic mass is 19.2. The lowest BCUT2D eigenvalue weighted by Crippen LogP contribution is -2.41. The summed E-state index contributed by atoms with van der Waals surface area (Å²) in [6.45, 7) is 2.46. The van der Waals surface area contributed by atoms with Crippen LogP contribution in [0, 0.1) is 21.7 Å². The Labute approximate surface area is 108 Å². The molecule has 0 aromatic heterocycles. The van der Waals surface area contributed by atoms with Crippen LogP contribution in [0.5, 0.6) is 0 Å². The molecule has 1 aliphatic rings. The van der Waals surface area contributed by atoms with E-state index in [1.165, 1.54) is 0 Å². The monoisotopic (exact) mass is 272 g/mol. The molecule has 0 aliphatic heterocycles. The van der Waals surface area contributed by atoms with E-state index in [4.69, 9.17) is 4.74 Å². The topological polar surface area (TPSA) is 64.4 Å². The fourth-order valence-electron chi connectivity index (χ4n) is 2.09. The first kappa shape index (κ1) is 13.7. The highest BCUT2D eigenvalue weighted by Crippen LogP contribution is 2.33. The van der Waals surface area contributed by atoms with Gasteiger partial charge in [0.05, 0.1) is 11.0 Å². The number of ether oxygens (including phenoxy) is 1. The summed E-state index contributed by atoms with van der Waals surface area (Å²) < 4.78 is 32.1. The van der Waals surface area contributed by atoms with E-state index in [2.05, 4.69) is 5.32 Å². The fourth-order valence-corrected chi connectivity index (χ4v) is 2.09. The van der Waals surface area contributed by atoms with Crippen LogP contribution >= 0.6 is 0 Å². The minimum atomic E-state index is -1.21. The van der Waals surface area contributed by atoms with Crippen molar-refractivity contribution >= 4 is 11.4 Å². The van der Waals surface area contributed by atoms with Crippen LogP contribution in [0.15, 0.2) is 12.1 Å². The van der Waals surface area contributed by atoms with E-state index in [9.17, 15) is 18.9 Å². The summed E-state index contributed by atoms with van der Waals surface area (Å²) >= 11 is 0. The predicted molar refractivity (Wildman–Crippen MR) is 65.1 cm³/mol. The number of nitrogens with zero attached hydrogens (tertiary/aromatic N) is 1. The van der Waals surface area contributed by atoms with Crippen molar-refractivity contribution in [3.63, 3.8) is 0 Å². The predicted octanol–water partition coefficient (Wildman–Crippen LogP) is 2.85. The summed E-state index contributed by atoms with van der Waals surface area (Å²) in [5.74, 6) is -2.32. The van der Waals surface area contributed by atoms with Gasteiger partial charge in [0.2, 0.25) is 0 Å². The van der Waals surface area contributed by atoms with Gasteiger partial charge in [-0.2, -0.15) is 0 Å². The quantitative estimate of drug-likeness (QED) is 0.661. The average Bonchev–Trinajstić information content (AvgIpc) is 2.31. The zero-order chi connectivity index (χ0) is 14.0. The van der Waals surface area contributed by atoms with Gasteiger partial charge in [0, 0.05) is 18.7 Å². The minimum Gasteiger partial charge on any atom is -0.378 e. The van der Waals surface area contributed by atoms with Gasteiger partial charge in [-0.15, -0.1) is 0 Å². The van der Waals surface area contributed by atoms with Gasteiger partial charge in [0.25, 0.3) is 5.69 Å². The molecule has 1 fully saturated rings. The van der Waals surface area contributed by atoms with Crippen molar-refractivity contribution in [3.8, 4) is 0 Å². The highest BCUT2D eigenvalue weighted by molar-refractivity contribution is 5.63. The molecule has 0 amide bonds. The van der Waals surface area contributed by atoms with Gasteiger partial charge in [-0.3, -0.25) is 10.1 Å². The van der Waals surface area contributed by atoms with E-state index in [1.807, 2.05) is 6.92 Å². The number of halogens is 2. The molecule has 0 saturated heterocycles. The maximum Gasteiger partial charge on any atom is 0.295 e. The van der Waals surface area contributed by atoms with E-state index in [0.29, 0.717) is 19.4 Å². The Kier molecular flexibility index (Phi) is 3.94. The van der Waals surface area contributed by atoms with Crippen molar-refractivity contribution in [2.75, 3.05) is 11.9 Å². The third-order valence-electron chi connectivity index (χ3n) is 3.12. The number of rotatable bonds is 5. The van der Waals surface area contributed by atoms with E-state index in [-0.39, 0.29) is 17.8 Å². The Hall–Kier alpha value is -1.76. The number of hydrogen-bond donors (Lipinski definition) is 1. The largest absolute Gasteiger partial charge is 0.378 e. The maximum atomic E-state index is 13.6. The molecule has 1 N–H and O–H groups in total. The number of nitro groups is 1. The Morgan fingerprint density at radius 3 is 2.74 bits per heavy atom. The lowest BCUT2D eigenvalue weighted by molar-refractivity contribution is -0.384. The van der Waals surface area contributed by atoms with Crippen molar-refractivity contribution in [1.82, 2.24) is 0 Å². The second-order valence-electron chi connectivity index (χ2n) is 4.40. The SMILES string of the molecule is CCOC1CC(Nc2c([N+](=O)[O-])ccc(F)c2F)C1. The van der Waals surface area contributed by atoms with E-state index in [0.717, 1.165) is 12.1 Å². The average molecular weight is 272 g/mol. The molecule has 0 spiro atoms. The second kappa shape index (κ2) is 5.48. The molecule has 1 aliphatic carbocycles. The minimum absolute atomic E-state index is 0.0816. The summed E-state index contributed by atoms with van der Waals surface area (Å²) in [5, 5.41) is 13.5. The first-order valence-electron chi connectivity index (χ1n) is 6.03. The van der Waals surface area contributed by atoms with Crippen molar-refractivity contribution in [2.45, 2.75) is 31.9 Å². The molecule has 104 valence electrons. The molecule has 0 heterocycles. The normalized spacial score (nSPS) is 21.8. The van der Waals surface area contributed by atoms with Crippen LogP contribution in [0.3, 0.4) is 0 Å². The molecule has 2 rings (SSSR count). The zero-order valence-corrected chi connectivity index (χ0v) is 10.4. The molecule has 0 unspecified atom stereocenters. The van der Waals surface area contributed by atoms with Crippen molar-refractivity contribution in [2.24, 2.45) is 0 Å². The molecule has 0 radical (unpaired) electrons. The van der Waals surface area contributed by atoms with Gasteiger partial charge in [0.15, 0.2) is 17.3 Å². The molecular weight excluding hydrogens is 258 g/mol. The fraction of sp³-hybridized carbons (Fsp3) is 0.500. The number of nitro benzene ring substituents is 1. The molecule has 1 saturated carbocycles. The molecule has 7 heteroatoms. The molecule has 5 nitrogen and oxygen atoms in total. The lowest BCUT2D eigenvalue weighted by atomic mass is 9.89. The molecule has 19 heavy (non-hydrogen) atoms. The number of benzene rings is 1. The summed E-state index contributed by atoms with van der Waals surface area (Å²) in [6, 6.07) is 1.58. The molecule has 1 aromatic rings. The van der Waals surface area contributed by atoms with Crippen molar-refractivity contribution < 1.29 is 18.4 Å². The molecule has 0 atom stereocenters. The number of anilines is 1. The van der Waals surface area contributed by atoms with Crippen LogP contribution in [0.1, 0.15) is 19.8 Å². The lowest BCUT2D eigenvalue weighted by Gasteiger charge is -2.35. The Bertz CT molecular complexity index is 490. The highest BCUT2D eigenvalue weighted by Gasteiger charge is 2.32. The van der Waals surface area contributed by atoms with Crippen LogP contribution in [0.25, 0.3) is 0 Å². The summed E-state index contributed by atoms with van der Waals surface area (Å²) in [4.78, 5) is 10.1. The van der Waals surface area contributed by atoms with Gasteiger partial charge in [-0.25, -0.2) is 8.78 Å². The van der Waals surface area contributed by atoms with Crippen LogP contribution in [-0.4, -0.2) is 23.7 Å². The summed E-state index contributed by atoms with van der Waals surface area (Å²) in [6.07, 6.45) is 1.33. The van der Waals surface area contributed by atoms with E-state index in [1.54, 1.807) is 0 Å². The van der Waals surface area contributed by atoms with Crippen LogP contribution < -0.4 is 5.32 Å². The molecule has 1 aromatic carbocycles. The van der Waals surface area contributed by atoms with Crippen LogP contribution in [-0.2, 0) is 4.74 Å². The summed E-state index contributed by atoms with van der Waals surface area (Å²) in [5.41, 5.74) is -0.844. The van der Waals surface area contributed by atoms with E-state index >= 15 is 0 Å². The zero-order valence-electron chi connectivity index (χ0n) is 10.4. The Morgan fingerprint density at radius 1 is 1.47 bits per heavy atom. The van der Waals surface area contributed by atoms with Crippen molar-refractivity contribution in [1.29, 1.82) is 0 Å². The maximum absolute atomic E-state index is 13.6.